The van der Waals surface area contributed by atoms with Crippen molar-refractivity contribution in [3.05, 3.63) is 131 Å². The SMILES string of the molecule is COC(=O)C(Cc1ccccc1)NC(=O)NCc1cccc(-c2ccc(C3OC(CN4C(C(=O)NC(C)(C)C)CCC5CCCCC54)CC(c4ccc(CO)cc4)O3)cc2)c1. The van der Waals surface area contributed by atoms with E-state index in [1.54, 1.807) is 0 Å². The van der Waals surface area contributed by atoms with Crippen molar-refractivity contribution < 1.29 is 33.7 Å². The summed E-state index contributed by atoms with van der Waals surface area (Å²) in [6.07, 6.45) is 6.55. The number of hydrogen-bond acceptors (Lipinski definition) is 8. The molecule has 4 N–H and O–H groups in total. The van der Waals surface area contributed by atoms with Crippen LogP contribution in [0.5, 0.6) is 0 Å². The summed E-state index contributed by atoms with van der Waals surface area (Å²) in [6.45, 7) is 7.00. The molecule has 11 nitrogen and oxygen atoms in total. The van der Waals surface area contributed by atoms with Crippen molar-refractivity contribution in [3.63, 3.8) is 0 Å². The summed E-state index contributed by atoms with van der Waals surface area (Å²) in [5.41, 5.74) is 6.25. The van der Waals surface area contributed by atoms with Crippen molar-refractivity contribution in [1.82, 2.24) is 20.9 Å². The number of nitrogens with one attached hydrogen (secondary N) is 3. The van der Waals surface area contributed by atoms with Gasteiger partial charge in [-0.2, -0.15) is 0 Å². The van der Waals surface area contributed by atoms with Crippen molar-refractivity contribution in [3.8, 4) is 11.1 Å². The highest BCUT2D eigenvalue weighted by Crippen LogP contribution is 2.42. The molecule has 0 aromatic heterocycles. The third-order valence-electron chi connectivity index (χ3n) is 12.3. The van der Waals surface area contributed by atoms with Gasteiger partial charge in [0.15, 0.2) is 6.29 Å². The van der Waals surface area contributed by atoms with Crippen molar-refractivity contribution >= 4 is 17.9 Å². The van der Waals surface area contributed by atoms with E-state index in [0.29, 0.717) is 31.3 Å². The number of fused-ring (bicyclic) bond motifs is 1. The predicted octanol–water partition coefficient (Wildman–Crippen LogP) is 7.91. The standard InChI is InChI=1S/C50H62N4O7/c1-50(2,3)53-46(56)44-26-25-37-14-8-9-16-43(37)54(44)31-41-29-45(38-19-17-34(32-55)18-20-38)61-48(60-41)39-23-21-36(22-24-39)40-15-10-13-35(27-40)30-51-49(58)52-42(47(57)59-4)28-33-11-6-5-7-12-33/h5-7,10-13,15,17-24,27,37,41-45,48,55H,8-9,14,16,25-26,28-32H2,1-4H3,(H,53,56)(H2,51,52,58). The maximum absolute atomic E-state index is 13.9. The smallest absolute Gasteiger partial charge is 0.328 e. The number of ether oxygens (including phenoxy) is 3. The molecule has 11 heteroatoms. The van der Waals surface area contributed by atoms with Crippen LogP contribution in [0.15, 0.2) is 103 Å². The zero-order valence-corrected chi connectivity index (χ0v) is 36.0. The van der Waals surface area contributed by atoms with Crippen LogP contribution in [0.1, 0.15) is 106 Å². The number of carbonyl (C=O) groups excluding carboxylic acids is 3. The van der Waals surface area contributed by atoms with E-state index in [0.717, 1.165) is 58.2 Å². The molecule has 1 saturated carbocycles. The van der Waals surface area contributed by atoms with Gasteiger partial charge < -0.3 is 35.3 Å². The minimum absolute atomic E-state index is 0.0243. The highest BCUT2D eigenvalue weighted by Gasteiger charge is 2.44. The largest absolute Gasteiger partial charge is 0.467 e. The number of carbonyl (C=O) groups is 3. The summed E-state index contributed by atoms with van der Waals surface area (Å²) in [4.78, 5) is 41.7. The number of methoxy groups -OCH3 is 1. The first kappa shape index (κ1) is 44.0. The molecule has 2 heterocycles. The Hall–Kier alpha value is -5.07. The van der Waals surface area contributed by atoms with Crippen LogP contribution in [0.2, 0.25) is 0 Å². The second-order valence-electron chi connectivity index (χ2n) is 17.9. The van der Waals surface area contributed by atoms with E-state index in [4.69, 9.17) is 14.2 Å². The van der Waals surface area contributed by atoms with Gasteiger partial charge in [0.05, 0.1) is 32.0 Å². The summed E-state index contributed by atoms with van der Waals surface area (Å²) in [5.74, 6) is 0.179. The second-order valence-corrected chi connectivity index (χ2v) is 17.9. The monoisotopic (exact) mass is 830 g/mol. The third-order valence-corrected chi connectivity index (χ3v) is 12.3. The van der Waals surface area contributed by atoms with Gasteiger partial charge in [0.2, 0.25) is 5.91 Å². The molecular formula is C50H62N4O7. The Balaban J connectivity index is 1.05. The molecule has 2 saturated heterocycles. The summed E-state index contributed by atoms with van der Waals surface area (Å²) >= 11 is 0. The number of aliphatic hydroxyl groups is 1. The molecule has 3 aliphatic rings. The molecule has 61 heavy (non-hydrogen) atoms. The molecule has 4 aromatic carbocycles. The Bertz CT molecular complexity index is 2070. The zero-order chi connectivity index (χ0) is 42.9. The number of nitrogens with zero attached hydrogens (tertiary/aromatic N) is 1. The predicted molar refractivity (Wildman–Crippen MR) is 235 cm³/mol. The number of urea groups is 1. The third kappa shape index (κ3) is 11.7. The molecule has 7 rings (SSSR count). The zero-order valence-electron chi connectivity index (χ0n) is 36.0. The number of benzene rings is 4. The minimum Gasteiger partial charge on any atom is -0.467 e. The van der Waals surface area contributed by atoms with Crippen LogP contribution in [0.4, 0.5) is 4.79 Å². The molecule has 1 aliphatic carbocycles. The highest BCUT2D eigenvalue weighted by atomic mass is 16.7. The van der Waals surface area contributed by atoms with Gasteiger partial charge in [-0.05, 0) is 91.8 Å². The topological polar surface area (TPSA) is 138 Å². The van der Waals surface area contributed by atoms with Gasteiger partial charge in [0.25, 0.3) is 0 Å². The van der Waals surface area contributed by atoms with Crippen molar-refractivity contribution in [2.75, 3.05) is 13.7 Å². The molecule has 2 aliphatic heterocycles. The Labute approximate surface area is 360 Å². The second kappa shape index (κ2) is 20.2. The van der Waals surface area contributed by atoms with Gasteiger partial charge in [0, 0.05) is 43.1 Å². The molecule has 324 valence electrons. The number of hydrogen-bond donors (Lipinski definition) is 4. The summed E-state index contributed by atoms with van der Waals surface area (Å²) in [7, 11) is 1.31. The Morgan fingerprint density at radius 3 is 2.25 bits per heavy atom. The molecule has 7 unspecified atom stereocenters. The lowest BCUT2D eigenvalue weighted by molar-refractivity contribution is -0.255. The van der Waals surface area contributed by atoms with Crippen LogP contribution in [-0.2, 0) is 43.4 Å². The van der Waals surface area contributed by atoms with Crippen LogP contribution in [-0.4, -0.2) is 71.3 Å². The fraction of sp³-hybridized carbons (Fsp3) is 0.460. The first-order valence-electron chi connectivity index (χ1n) is 21.9. The van der Waals surface area contributed by atoms with Gasteiger partial charge in [-0.1, -0.05) is 110 Å². The van der Waals surface area contributed by atoms with Crippen LogP contribution in [0, 0.1) is 5.92 Å². The summed E-state index contributed by atoms with van der Waals surface area (Å²) < 4.78 is 18.6. The lowest BCUT2D eigenvalue weighted by atomic mass is 9.75. The average molecular weight is 831 g/mol. The molecule has 0 radical (unpaired) electrons. The normalized spacial score (nSPS) is 23.6. The Kier molecular flexibility index (Phi) is 14.6. The van der Waals surface area contributed by atoms with E-state index in [1.165, 1.54) is 26.4 Å². The molecule has 3 fully saturated rings. The van der Waals surface area contributed by atoms with Gasteiger partial charge >= 0.3 is 12.0 Å². The molecule has 0 spiro atoms. The minimum atomic E-state index is -0.822. The molecule has 7 atom stereocenters. The summed E-state index contributed by atoms with van der Waals surface area (Å²) in [5, 5.41) is 18.7. The fourth-order valence-corrected chi connectivity index (χ4v) is 9.27. The fourth-order valence-electron chi connectivity index (χ4n) is 9.27. The summed E-state index contributed by atoms with van der Waals surface area (Å²) in [6, 6.07) is 32.5. The van der Waals surface area contributed by atoms with Gasteiger partial charge in [-0.25, -0.2) is 9.59 Å². The highest BCUT2D eigenvalue weighted by molar-refractivity contribution is 5.84. The van der Waals surface area contributed by atoms with Crippen LogP contribution in [0.25, 0.3) is 11.1 Å². The van der Waals surface area contributed by atoms with Gasteiger partial charge in [0.1, 0.15) is 6.04 Å². The van der Waals surface area contributed by atoms with Crippen LogP contribution < -0.4 is 16.0 Å². The van der Waals surface area contributed by atoms with E-state index >= 15 is 0 Å². The maximum Gasteiger partial charge on any atom is 0.328 e. The van der Waals surface area contributed by atoms with E-state index < -0.39 is 24.3 Å². The van der Waals surface area contributed by atoms with E-state index in [2.05, 4.69) is 33.0 Å². The van der Waals surface area contributed by atoms with E-state index in [-0.39, 0.29) is 42.8 Å². The lowest BCUT2D eigenvalue weighted by Gasteiger charge is -2.50. The molecule has 3 amide bonds. The number of aliphatic hydroxyl groups excluding tert-OH is 1. The molecule has 4 aromatic rings. The van der Waals surface area contributed by atoms with E-state index in [9.17, 15) is 19.5 Å². The Morgan fingerprint density at radius 1 is 0.803 bits per heavy atom. The van der Waals surface area contributed by atoms with Crippen molar-refractivity contribution in [2.45, 2.75) is 127 Å². The number of likely N-dealkylation sites (tertiary alicyclic amines) is 1. The van der Waals surface area contributed by atoms with Crippen molar-refractivity contribution in [1.29, 1.82) is 0 Å². The first-order chi connectivity index (χ1) is 29.5. The average Bonchev–Trinajstić information content (AvgIpc) is 3.27. The van der Waals surface area contributed by atoms with Crippen molar-refractivity contribution in [2.24, 2.45) is 5.92 Å². The molecule has 0 bridgehead atoms. The molecular weight excluding hydrogens is 769 g/mol. The Morgan fingerprint density at radius 2 is 1.52 bits per heavy atom. The van der Waals surface area contributed by atoms with E-state index in [1.807, 2.05) is 112 Å². The maximum atomic E-state index is 13.9. The number of esters is 1. The van der Waals surface area contributed by atoms with Crippen LogP contribution >= 0.6 is 0 Å². The first-order valence-corrected chi connectivity index (χ1v) is 21.9. The quantitative estimate of drug-likeness (QED) is 0.0999. The van der Waals surface area contributed by atoms with Gasteiger partial charge in [-0.15, -0.1) is 0 Å². The number of piperidine rings is 1. The lowest BCUT2D eigenvalue weighted by Crippen LogP contribution is -2.61. The van der Waals surface area contributed by atoms with Gasteiger partial charge in [-0.3, -0.25) is 9.69 Å². The number of amides is 3. The number of rotatable bonds is 13. The van der Waals surface area contributed by atoms with Crippen LogP contribution in [0.3, 0.4) is 0 Å².